The Hall–Kier alpha value is -0.770. The molecule has 1 amide bonds. The van der Waals surface area contributed by atoms with Gasteiger partial charge in [0.05, 0.1) is 0 Å². The van der Waals surface area contributed by atoms with Crippen LogP contribution in [0.1, 0.15) is 85.0 Å². The van der Waals surface area contributed by atoms with Gasteiger partial charge in [0.2, 0.25) is 0 Å². The standard InChI is InChI=1S/C19H34N2O2/c1-18(2,3)23-17(22)21-13-10-16(20-15-8-7-9-15)14-19(21)11-5-4-6-12-19/h15-16,20H,4-14H2,1-3H3. The Morgan fingerprint density at radius 1 is 1.04 bits per heavy atom. The molecule has 0 aromatic heterocycles. The van der Waals surface area contributed by atoms with E-state index in [-0.39, 0.29) is 11.6 Å². The lowest BCUT2D eigenvalue weighted by molar-refractivity contribution is -0.0344. The number of amides is 1. The number of carbonyl (C=O) groups is 1. The number of nitrogens with zero attached hydrogens (tertiary/aromatic N) is 1. The summed E-state index contributed by atoms with van der Waals surface area (Å²) in [5, 5.41) is 3.86. The van der Waals surface area contributed by atoms with Crippen molar-refractivity contribution in [2.75, 3.05) is 6.54 Å². The minimum absolute atomic E-state index is 0.0419. The van der Waals surface area contributed by atoms with E-state index in [2.05, 4.69) is 10.2 Å². The zero-order valence-corrected chi connectivity index (χ0v) is 15.2. The predicted molar refractivity (Wildman–Crippen MR) is 92.6 cm³/mol. The molecule has 1 atom stereocenters. The van der Waals surface area contributed by atoms with Gasteiger partial charge in [-0.1, -0.05) is 25.7 Å². The normalized spacial score (nSPS) is 28.5. The van der Waals surface area contributed by atoms with Crippen molar-refractivity contribution in [2.45, 2.75) is 108 Å². The van der Waals surface area contributed by atoms with Crippen molar-refractivity contribution in [1.82, 2.24) is 10.2 Å². The summed E-state index contributed by atoms with van der Waals surface area (Å²) in [4.78, 5) is 14.9. The maximum Gasteiger partial charge on any atom is 0.410 e. The smallest absolute Gasteiger partial charge is 0.410 e. The average molecular weight is 322 g/mol. The molecule has 1 heterocycles. The highest BCUT2D eigenvalue weighted by Gasteiger charge is 2.46. The van der Waals surface area contributed by atoms with Crippen molar-refractivity contribution >= 4 is 6.09 Å². The molecule has 1 saturated heterocycles. The second kappa shape index (κ2) is 6.62. The number of nitrogens with one attached hydrogen (secondary N) is 1. The highest BCUT2D eigenvalue weighted by Crippen LogP contribution is 2.41. The second-order valence-corrected chi connectivity index (χ2v) is 8.90. The third-order valence-electron chi connectivity index (χ3n) is 5.87. The van der Waals surface area contributed by atoms with Crippen LogP contribution in [0, 0.1) is 0 Å². The van der Waals surface area contributed by atoms with Crippen molar-refractivity contribution in [1.29, 1.82) is 0 Å². The van der Waals surface area contributed by atoms with Crippen LogP contribution in [-0.4, -0.2) is 40.8 Å². The van der Waals surface area contributed by atoms with E-state index in [9.17, 15) is 4.79 Å². The second-order valence-electron chi connectivity index (χ2n) is 8.90. The summed E-state index contributed by atoms with van der Waals surface area (Å²) >= 11 is 0. The maximum absolute atomic E-state index is 12.8. The van der Waals surface area contributed by atoms with Gasteiger partial charge in [0.15, 0.2) is 0 Å². The number of ether oxygens (including phenoxy) is 1. The number of hydrogen-bond acceptors (Lipinski definition) is 3. The van der Waals surface area contributed by atoms with E-state index in [4.69, 9.17) is 4.74 Å². The Morgan fingerprint density at radius 2 is 1.74 bits per heavy atom. The first kappa shape index (κ1) is 17.1. The first-order valence-electron chi connectivity index (χ1n) is 9.65. The molecule has 132 valence electrons. The van der Waals surface area contributed by atoms with Gasteiger partial charge in [-0.15, -0.1) is 0 Å². The van der Waals surface area contributed by atoms with E-state index in [1.165, 1.54) is 38.5 Å². The Bertz CT molecular complexity index is 420. The van der Waals surface area contributed by atoms with Gasteiger partial charge < -0.3 is 15.0 Å². The molecule has 3 aliphatic rings. The molecule has 2 aliphatic carbocycles. The van der Waals surface area contributed by atoms with Gasteiger partial charge in [0.1, 0.15) is 5.60 Å². The fourth-order valence-electron chi connectivity index (χ4n) is 4.53. The molecule has 1 N–H and O–H groups in total. The summed E-state index contributed by atoms with van der Waals surface area (Å²) in [5.74, 6) is 0. The predicted octanol–water partition coefficient (Wildman–Crippen LogP) is 4.23. The SMILES string of the molecule is CC(C)(C)OC(=O)N1CCC(NC2CCC2)CC12CCCCC2. The highest BCUT2D eigenvalue weighted by molar-refractivity contribution is 5.69. The molecular weight excluding hydrogens is 288 g/mol. The molecule has 4 nitrogen and oxygen atoms in total. The lowest BCUT2D eigenvalue weighted by atomic mass is 9.73. The zero-order chi connectivity index (χ0) is 16.5. The van der Waals surface area contributed by atoms with Crippen molar-refractivity contribution in [3.05, 3.63) is 0 Å². The van der Waals surface area contributed by atoms with Crippen LogP contribution in [0.4, 0.5) is 4.79 Å². The van der Waals surface area contributed by atoms with Gasteiger partial charge in [-0.2, -0.15) is 0 Å². The molecule has 1 unspecified atom stereocenters. The molecule has 2 saturated carbocycles. The van der Waals surface area contributed by atoms with Gasteiger partial charge in [0, 0.05) is 24.2 Å². The number of likely N-dealkylation sites (tertiary alicyclic amines) is 1. The summed E-state index contributed by atoms with van der Waals surface area (Å²) in [6.07, 6.45) is 12.2. The summed E-state index contributed by atoms with van der Waals surface area (Å²) in [6.45, 7) is 6.73. The van der Waals surface area contributed by atoms with E-state index in [1.807, 2.05) is 20.8 Å². The monoisotopic (exact) mass is 322 g/mol. The molecule has 0 radical (unpaired) electrons. The molecule has 1 spiro atoms. The van der Waals surface area contributed by atoms with Crippen LogP contribution in [0.15, 0.2) is 0 Å². The van der Waals surface area contributed by atoms with Crippen molar-refractivity contribution in [2.24, 2.45) is 0 Å². The lowest BCUT2D eigenvalue weighted by Gasteiger charge is -2.52. The third-order valence-corrected chi connectivity index (χ3v) is 5.87. The number of piperidine rings is 1. The van der Waals surface area contributed by atoms with E-state index in [1.54, 1.807) is 0 Å². The first-order chi connectivity index (χ1) is 10.9. The molecule has 1 aliphatic heterocycles. The molecule has 3 rings (SSSR count). The van der Waals surface area contributed by atoms with Gasteiger partial charge in [-0.05, 0) is 59.3 Å². The first-order valence-corrected chi connectivity index (χ1v) is 9.65. The molecule has 0 aromatic carbocycles. The van der Waals surface area contributed by atoms with Gasteiger partial charge in [-0.3, -0.25) is 0 Å². The van der Waals surface area contributed by atoms with E-state index in [0.29, 0.717) is 6.04 Å². The molecule has 0 aromatic rings. The average Bonchev–Trinajstić information content (AvgIpc) is 2.42. The van der Waals surface area contributed by atoms with Gasteiger partial charge in [-0.25, -0.2) is 4.79 Å². The fraction of sp³-hybridized carbons (Fsp3) is 0.947. The number of hydrogen-bond donors (Lipinski definition) is 1. The van der Waals surface area contributed by atoms with Crippen LogP contribution in [0.2, 0.25) is 0 Å². The quantitative estimate of drug-likeness (QED) is 0.827. The molecule has 23 heavy (non-hydrogen) atoms. The molecular formula is C19H34N2O2. The van der Waals surface area contributed by atoms with E-state index < -0.39 is 5.60 Å². The van der Waals surface area contributed by atoms with E-state index in [0.717, 1.165) is 38.3 Å². The third kappa shape index (κ3) is 4.01. The van der Waals surface area contributed by atoms with Crippen LogP contribution in [0.5, 0.6) is 0 Å². The van der Waals surface area contributed by atoms with Crippen molar-refractivity contribution in [3.63, 3.8) is 0 Å². The van der Waals surface area contributed by atoms with E-state index >= 15 is 0 Å². The Kier molecular flexibility index (Phi) is 4.91. The number of rotatable bonds is 2. The Morgan fingerprint density at radius 3 is 2.30 bits per heavy atom. The summed E-state index contributed by atoms with van der Waals surface area (Å²) in [5.41, 5.74) is -0.367. The summed E-state index contributed by atoms with van der Waals surface area (Å²) in [6, 6.07) is 1.31. The van der Waals surface area contributed by atoms with Gasteiger partial charge >= 0.3 is 6.09 Å². The van der Waals surface area contributed by atoms with Crippen molar-refractivity contribution in [3.8, 4) is 0 Å². The lowest BCUT2D eigenvalue weighted by Crippen LogP contribution is -2.62. The van der Waals surface area contributed by atoms with Crippen LogP contribution in [-0.2, 0) is 4.74 Å². The van der Waals surface area contributed by atoms with Gasteiger partial charge in [0.25, 0.3) is 0 Å². The Balaban J connectivity index is 1.69. The van der Waals surface area contributed by atoms with Crippen molar-refractivity contribution < 1.29 is 9.53 Å². The topological polar surface area (TPSA) is 41.6 Å². The Labute approximate surface area is 141 Å². The molecule has 3 fully saturated rings. The summed E-state index contributed by atoms with van der Waals surface area (Å²) < 4.78 is 5.72. The minimum atomic E-state index is -0.409. The van der Waals surface area contributed by atoms with Crippen LogP contribution in [0.3, 0.4) is 0 Å². The van der Waals surface area contributed by atoms with Crippen LogP contribution >= 0.6 is 0 Å². The maximum atomic E-state index is 12.8. The molecule has 4 heteroatoms. The van der Waals surface area contributed by atoms with Crippen LogP contribution in [0.25, 0.3) is 0 Å². The fourth-order valence-corrected chi connectivity index (χ4v) is 4.53. The molecule has 0 bridgehead atoms. The minimum Gasteiger partial charge on any atom is -0.444 e. The van der Waals surface area contributed by atoms with Crippen LogP contribution < -0.4 is 5.32 Å². The number of carbonyl (C=O) groups excluding carboxylic acids is 1. The largest absolute Gasteiger partial charge is 0.444 e. The zero-order valence-electron chi connectivity index (χ0n) is 15.2. The highest BCUT2D eigenvalue weighted by atomic mass is 16.6. The summed E-state index contributed by atoms with van der Waals surface area (Å²) in [7, 11) is 0.